The smallest absolute Gasteiger partial charge is 0.0302 e. The lowest BCUT2D eigenvalue weighted by Crippen LogP contribution is -2.36. The van der Waals surface area contributed by atoms with Crippen LogP contribution in [0, 0.1) is 5.41 Å². The monoisotopic (exact) mass is 299 g/mol. The molecule has 1 N–H and O–H groups in total. The SMILES string of the molecule is CC1(C)CCCC(NCc2cc(-c3ccccc3)cs2)C1. The van der Waals surface area contributed by atoms with Crippen LogP contribution in [0.5, 0.6) is 0 Å². The first-order valence-electron chi connectivity index (χ1n) is 7.99. The average molecular weight is 299 g/mol. The first kappa shape index (κ1) is 14.8. The maximum atomic E-state index is 3.77. The zero-order valence-electron chi connectivity index (χ0n) is 13.1. The summed E-state index contributed by atoms with van der Waals surface area (Å²) in [5, 5.41) is 6.04. The quantitative estimate of drug-likeness (QED) is 0.789. The Kier molecular flexibility index (Phi) is 4.46. The van der Waals surface area contributed by atoms with Gasteiger partial charge in [-0.05, 0) is 47.3 Å². The van der Waals surface area contributed by atoms with E-state index in [1.54, 1.807) is 0 Å². The van der Waals surface area contributed by atoms with Crippen molar-refractivity contribution < 1.29 is 0 Å². The minimum Gasteiger partial charge on any atom is -0.309 e. The topological polar surface area (TPSA) is 12.0 Å². The molecule has 21 heavy (non-hydrogen) atoms. The Bertz CT molecular complexity index is 570. The highest BCUT2D eigenvalue weighted by Gasteiger charge is 2.27. The third kappa shape index (κ3) is 3.96. The molecule has 1 nitrogen and oxygen atoms in total. The number of hydrogen-bond acceptors (Lipinski definition) is 2. The molecule has 1 aromatic heterocycles. The normalized spacial score (nSPS) is 21.3. The number of hydrogen-bond donors (Lipinski definition) is 1. The molecule has 0 aliphatic heterocycles. The third-order valence-electron chi connectivity index (χ3n) is 4.53. The Morgan fingerprint density at radius 3 is 2.76 bits per heavy atom. The van der Waals surface area contributed by atoms with Crippen LogP contribution in [0.2, 0.25) is 0 Å². The van der Waals surface area contributed by atoms with Crippen molar-refractivity contribution >= 4 is 11.3 Å². The maximum absolute atomic E-state index is 3.77. The molecule has 112 valence electrons. The first-order valence-corrected chi connectivity index (χ1v) is 8.87. The molecule has 0 bridgehead atoms. The summed E-state index contributed by atoms with van der Waals surface area (Å²) < 4.78 is 0. The molecule has 3 rings (SSSR count). The summed E-state index contributed by atoms with van der Waals surface area (Å²) in [6.45, 7) is 5.82. The molecule has 1 aliphatic carbocycles. The molecule has 1 atom stereocenters. The lowest BCUT2D eigenvalue weighted by molar-refractivity contribution is 0.198. The van der Waals surface area contributed by atoms with Crippen LogP contribution in [0.15, 0.2) is 41.8 Å². The van der Waals surface area contributed by atoms with Crippen LogP contribution in [-0.2, 0) is 6.54 Å². The summed E-state index contributed by atoms with van der Waals surface area (Å²) in [4.78, 5) is 1.44. The van der Waals surface area contributed by atoms with E-state index in [9.17, 15) is 0 Å². The third-order valence-corrected chi connectivity index (χ3v) is 5.47. The zero-order valence-corrected chi connectivity index (χ0v) is 13.9. The van der Waals surface area contributed by atoms with Gasteiger partial charge in [-0.15, -0.1) is 11.3 Å². The van der Waals surface area contributed by atoms with Gasteiger partial charge in [0, 0.05) is 17.5 Å². The molecule has 0 radical (unpaired) electrons. The molecule has 1 fully saturated rings. The van der Waals surface area contributed by atoms with E-state index >= 15 is 0 Å². The largest absolute Gasteiger partial charge is 0.309 e. The van der Waals surface area contributed by atoms with Crippen LogP contribution < -0.4 is 5.32 Å². The van der Waals surface area contributed by atoms with Gasteiger partial charge in [-0.25, -0.2) is 0 Å². The molecule has 0 spiro atoms. The van der Waals surface area contributed by atoms with Crippen molar-refractivity contribution in [2.45, 2.75) is 52.1 Å². The van der Waals surface area contributed by atoms with E-state index in [0.717, 1.165) is 6.54 Å². The summed E-state index contributed by atoms with van der Waals surface area (Å²) in [5.41, 5.74) is 3.18. The molecule has 0 saturated heterocycles. The fourth-order valence-corrected chi connectivity index (χ4v) is 4.22. The van der Waals surface area contributed by atoms with Crippen molar-refractivity contribution in [2.75, 3.05) is 0 Å². The predicted octanol–water partition coefficient (Wildman–Crippen LogP) is 5.47. The highest BCUT2D eigenvalue weighted by atomic mass is 32.1. The van der Waals surface area contributed by atoms with Crippen LogP contribution in [0.1, 0.15) is 44.4 Å². The molecule has 1 saturated carbocycles. The van der Waals surface area contributed by atoms with Gasteiger partial charge < -0.3 is 5.32 Å². The highest BCUT2D eigenvalue weighted by Crippen LogP contribution is 2.35. The number of thiophene rings is 1. The molecule has 1 unspecified atom stereocenters. The Morgan fingerprint density at radius 2 is 2.00 bits per heavy atom. The van der Waals surface area contributed by atoms with Gasteiger partial charge in [0.25, 0.3) is 0 Å². The number of benzene rings is 1. The van der Waals surface area contributed by atoms with E-state index in [0.29, 0.717) is 11.5 Å². The Morgan fingerprint density at radius 1 is 1.19 bits per heavy atom. The van der Waals surface area contributed by atoms with E-state index in [1.807, 2.05) is 11.3 Å². The molecule has 1 aliphatic rings. The molecule has 0 amide bonds. The summed E-state index contributed by atoms with van der Waals surface area (Å²) in [5.74, 6) is 0. The van der Waals surface area contributed by atoms with Crippen molar-refractivity contribution in [3.8, 4) is 11.1 Å². The second-order valence-electron chi connectivity index (χ2n) is 7.01. The average Bonchev–Trinajstić information content (AvgIpc) is 2.94. The fraction of sp³-hybridized carbons (Fsp3) is 0.474. The van der Waals surface area contributed by atoms with Crippen molar-refractivity contribution in [2.24, 2.45) is 5.41 Å². The van der Waals surface area contributed by atoms with E-state index < -0.39 is 0 Å². The van der Waals surface area contributed by atoms with Crippen LogP contribution in [0.3, 0.4) is 0 Å². The second kappa shape index (κ2) is 6.33. The van der Waals surface area contributed by atoms with Crippen molar-refractivity contribution in [3.05, 3.63) is 46.7 Å². The van der Waals surface area contributed by atoms with Crippen LogP contribution >= 0.6 is 11.3 Å². The minimum atomic E-state index is 0.514. The van der Waals surface area contributed by atoms with Gasteiger partial charge >= 0.3 is 0 Å². The van der Waals surface area contributed by atoms with Crippen molar-refractivity contribution in [3.63, 3.8) is 0 Å². The van der Waals surface area contributed by atoms with Gasteiger partial charge in [-0.1, -0.05) is 50.6 Å². The summed E-state index contributed by atoms with van der Waals surface area (Å²) >= 11 is 1.87. The van der Waals surface area contributed by atoms with Crippen LogP contribution in [0.25, 0.3) is 11.1 Å². The summed E-state index contributed by atoms with van der Waals surface area (Å²) in [6.07, 6.45) is 5.39. The predicted molar refractivity (Wildman–Crippen MR) is 92.6 cm³/mol. The Balaban J connectivity index is 1.58. The lowest BCUT2D eigenvalue weighted by atomic mass is 9.75. The van der Waals surface area contributed by atoms with Gasteiger partial charge in [0.2, 0.25) is 0 Å². The van der Waals surface area contributed by atoms with Gasteiger partial charge in [0.15, 0.2) is 0 Å². The molecule has 2 aromatic rings. The minimum absolute atomic E-state index is 0.514. The second-order valence-corrected chi connectivity index (χ2v) is 8.00. The number of nitrogens with one attached hydrogen (secondary N) is 1. The standard InChI is InChI=1S/C19H25NS/c1-19(2)10-6-9-17(12-19)20-13-18-11-16(14-21-18)15-7-4-3-5-8-15/h3-5,7-8,11,14,17,20H,6,9-10,12-13H2,1-2H3. The number of rotatable bonds is 4. The van der Waals surface area contributed by atoms with Gasteiger partial charge in [0.1, 0.15) is 0 Å². The van der Waals surface area contributed by atoms with Gasteiger partial charge in [0.05, 0.1) is 0 Å². The summed E-state index contributed by atoms with van der Waals surface area (Å²) in [7, 11) is 0. The van der Waals surface area contributed by atoms with E-state index in [1.165, 1.54) is 41.7 Å². The Labute approximate surface area is 132 Å². The van der Waals surface area contributed by atoms with E-state index in [-0.39, 0.29) is 0 Å². The molecular weight excluding hydrogens is 274 g/mol. The molecule has 1 aromatic carbocycles. The molecule has 1 heterocycles. The molecular formula is C19H25NS. The fourth-order valence-electron chi connectivity index (χ4n) is 3.37. The van der Waals surface area contributed by atoms with Gasteiger partial charge in [-0.3, -0.25) is 0 Å². The van der Waals surface area contributed by atoms with E-state index in [2.05, 4.69) is 60.9 Å². The zero-order chi connectivity index (χ0) is 14.7. The van der Waals surface area contributed by atoms with E-state index in [4.69, 9.17) is 0 Å². The highest BCUT2D eigenvalue weighted by molar-refractivity contribution is 7.10. The van der Waals surface area contributed by atoms with Crippen molar-refractivity contribution in [1.29, 1.82) is 0 Å². The lowest BCUT2D eigenvalue weighted by Gasteiger charge is -2.35. The maximum Gasteiger partial charge on any atom is 0.0302 e. The first-order chi connectivity index (χ1) is 10.1. The van der Waals surface area contributed by atoms with Crippen molar-refractivity contribution in [1.82, 2.24) is 5.32 Å². The summed E-state index contributed by atoms with van der Waals surface area (Å²) in [6, 6.07) is 13.7. The van der Waals surface area contributed by atoms with Crippen LogP contribution in [-0.4, -0.2) is 6.04 Å². The Hall–Kier alpha value is -1.12. The van der Waals surface area contributed by atoms with Gasteiger partial charge in [-0.2, -0.15) is 0 Å². The van der Waals surface area contributed by atoms with Crippen LogP contribution in [0.4, 0.5) is 0 Å². The molecule has 2 heteroatoms.